The first-order valence-corrected chi connectivity index (χ1v) is 13.2. The lowest BCUT2D eigenvalue weighted by Crippen LogP contribution is -2.41. The fraction of sp³-hybridized carbons (Fsp3) is 0.310. The van der Waals surface area contributed by atoms with Gasteiger partial charge in [-0.1, -0.05) is 54.6 Å². The van der Waals surface area contributed by atoms with E-state index < -0.39 is 0 Å². The van der Waals surface area contributed by atoms with Crippen LogP contribution in [0.25, 0.3) is 11.1 Å². The van der Waals surface area contributed by atoms with Crippen LogP contribution in [0.1, 0.15) is 24.8 Å². The Balaban J connectivity index is 1.11. The third-order valence-electron chi connectivity index (χ3n) is 7.39. The summed E-state index contributed by atoms with van der Waals surface area (Å²) in [6, 6.07) is 26.5. The number of benzene rings is 3. The van der Waals surface area contributed by atoms with Gasteiger partial charge in [0.2, 0.25) is 11.8 Å². The van der Waals surface area contributed by atoms with E-state index in [2.05, 4.69) is 41.7 Å². The van der Waals surface area contributed by atoms with Gasteiger partial charge in [0.25, 0.3) is 0 Å². The molecule has 34 heavy (non-hydrogen) atoms. The van der Waals surface area contributed by atoms with Crippen LogP contribution in [0.15, 0.2) is 83.8 Å². The van der Waals surface area contributed by atoms with E-state index in [1.165, 1.54) is 10.5 Å². The van der Waals surface area contributed by atoms with E-state index in [0.717, 1.165) is 49.2 Å². The number of thioether (sulfide) groups is 1. The lowest BCUT2D eigenvalue weighted by molar-refractivity contribution is -0.132. The highest BCUT2D eigenvalue weighted by Gasteiger charge is 2.58. The number of likely N-dealkylation sites (tertiary alicyclic amines) is 1. The number of hydrogen-bond donors (Lipinski definition) is 1. The molecular weight excluding hydrogens is 440 g/mol. The van der Waals surface area contributed by atoms with E-state index in [1.807, 2.05) is 53.6 Å². The molecule has 0 aromatic heterocycles. The summed E-state index contributed by atoms with van der Waals surface area (Å²) in [5, 5.41) is 3.08. The highest BCUT2D eigenvalue weighted by atomic mass is 32.2. The minimum atomic E-state index is 0.0653. The third-order valence-corrected chi connectivity index (χ3v) is 8.14. The molecule has 1 spiro atoms. The van der Waals surface area contributed by atoms with Gasteiger partial charge in [0.15, 0.2) is 0 Å². The number of hydrogen-bond acceptors (Lipinski definition) is 3. The van der Waals surface area contributed by atoms with Crippen LogP contribution in [-0.2, 0) is 16.0 Å². The summed E-state index contributed by atoms with van der Waals surface area (Å²) in [5.41, 5.74) is 4.32. The first kappa shape index (κ1) is 22.7. The molecule has 1 aliphatic carbocycles. The van der Waals surface area contributed by atoms with Crippen molar-refractivity contribution in [2.24, 2.45) is 11.3 Å². The molecular formula is C29H30N2O2S. The Kier molecular flexibility index (Phi) is 6.46. The fourth-order valence-corrected chi connectivity index (χ4v) is 5.52. The first-order chi connectivity index (χ1) is 16.6. The van der Waals surface area contributed by atoms with Crippen molar-refractivity contribution >= 4 is 29.3 Å². The van der Waals surface area contributed by atoms with Crippen LogP contribution in [0.5, 0.6) is 0 Å². The van der Waals surface area contributed by atoms with Crippen molar-refractivity contribution in [1.82, 2.24) is 4.90 Å². The summed E-state index contributed by atoms with van der Waals surface area (Å²) in [7, 11) is 0. The Hall–Kier alpha value is -3.05. The molecule has 2 fully saturated rings. The number of carbonyl (C=O) groups is 2. The Morgan fingerprint density at radius 1 is 0.912 bits per heavy atom. The van der Waals surface area contributed by atoms with Crippen molar-refractivity contribution in [3.63, 3.8) is 0 Å². The summed E-state index contributed by atoms with van der Waals surface area (Å²) < 4.78 is 0. The SMILES string of the molecule is CSc1ccc(NC(=O)[C@H]2CC23CCN(C(=O)Cc2ccc(-c4ccccc4)cc2)CC3)cc1. The molecule has 0 bridgehead atoms. The largest absolute Gasteiger partial charge is 0.342 e. The predicted octanol–water partition coefficient (Wildman–Crippen LogP) is 5.89. The molecule has 1 N–H and O–H groups in total. The van der Waals surface area contributed by atoms with Crippen LogP contribution in [-0.4, -0.2) is 36.1 Å². The number of anilines is 1. The molecule has 5 heteroatoms. The molecule has 1 heterocycles. The molecule has 1 saturated heterocycles. The number of piperidine rings is 1. The lowest BCUT2D eigenvalue weighted by Gasteiger charge is -2.33. The van der Waals surface area contributed by atoms with Crippen molar-refractivity contribution in [2.75, 3.05) is 24.7 Å². The quantitative estimate of drug-likeness (QED) is 0.457. The van der Waals surface area contributed by atoms with Gasteiger partial charge in [-0.15, -0.1) is 11.8 Å². The Morgan fingerprint density at radius 2 is 1.56 bits per heavy atom. The molecule has 3 aromatic rings. The molecule has 1 atom stereocenters. The van der Waals surface area contributed by atoms with Gasteiger partial charge in [-0.3, -0.25) is 9.59 Å². The second-order valence-electron chi connectivity index (χ2n) is 9.46. The average molecular weight is 471 g/mol. The van der Waals surface area contributed by atoms with Crippen molar-refractivity contribution in [1.29, 1.82) is 0 Å². The van der Waals surface area contributed by atoms with Crippen LogP contribution in [0.4, 0.5) is 5.69 Å². The molecule has 0 radical (unpaired) electrons. The molecule has 2 aliphatic rings. The number of nitrogens with one attached hydrogen (secondary N) is 1. The number of carbonyl (C=O) groups excluding carboxylic acids is 2. The second kappa shape index (κ2) is 9.67. The molecule has 174 valence electrons. The minimum Gasteiger partial charge on any atom is -0.342 e. The van der Waals surface area contributed by atoms with E-state index in [1.54, 1.807) is 11.8 Å². The van der Waals surface area contributed by atoms with Gasteiger partial charge in [0.1, 0.15) is 0 Å². The van der Waals surface area contributed by atoms with Gasteiger partial charge in [0, 0.05) is 29.6 Å². The Labute approximate surface area is 205 Å². The average Bonchev–Trinajstić information content (AvgIpc) is 3.59. The van der Waals surface area contributed by atoms with Gasteiger partial charge in [0.05, 0.1) is 6.42 Å². The van der Waals surface area contributed by atoms with Crippen LogP contribution in [0, 0.1) is 11.3 Å². The second-order valence-corrected chi connectivity index (χ2v) is 10.3. The summed E-state index contributed by atoms with van der Waals surface area (Å²) in [6.45, 7) is 1.49. The van der Waals surface area contributed by atoms with Crippen molar-refractivity contribution in [2.45, 2.75) is 30.6 Å². The maximum absolute atomic E-state index is 12.9. The number of rotatable bonds is 6. The van der Waals surface area contributed by atoms with Gasteiger partial charge < -0.3 is 10.2 Å². The molecule has 1 aliphatic heterocycles. The lowest BCUT2D eigenvalue weighted by atomic mass is 9.90. The maximum Gasteiger partial charge on any atom is 0.228 e. The van der Waals surface area contributed by atoms with E-state index in [4.69, 9.17) is 0 Å². The molecule has 0 unspecified atom stereocenters. The maximum atomic E-state index is 12.9. The standard InChI is InChI=1S/C29H30N2O2S/c1-34-25-13-11-24(12-14-25)30-28(33)26-20-29(26)15-17-31(18-16-29)27(32)19-21-7-9-23(10-8-21)22-5-3-2-4-6-22/h2-14,26H,15-20H2,1H3,(H,30,33)/t26-/m1/s1. The fourth-order valence-electron chi connectivity index (χ4n) is 5.11. The van der Waals surface area contributed by atoms with Crippen LogP contribution >= 0.6 is 11.8 Å². The predicted molar refractivity (Wildman–Crippen MR) is 139 cm³/mol. The van der Waals surface area contributed by atoms with Crippen LogP contribution < -0.4 is 5.32 Å². The topological polar surface area (TPSA) is 49.4 Å². The summed E-state index contributed by atoms with van der Waals surface area (Å²) >= 11 is 1.69. The highest BCUT2D eigenvalue weighted by molar-refractivity contribution is 7.98. The van der Waals surface area contributed by atoms with E-state index in [9.17, 15) is 9.59 Å². The summed E-state index contributed by atoms with van der Waals surface area (Å²) in [5.74, 6) is 0.364. The molecule has 3 aromatic carbocycles. The summed E-state index contributed by atoms with van der Waals surface area (Å²) in [6.07, 6.45) is 5.23. The summed E-state index contributed by atoms with van der Waals surface area (Å²) in [4.78, 5) is 28.9. The van der Waals surface area contributed by atoms with Gasteiger partial charge in [-0.05, 0) is 71.9 Å². The van der Waals surface area contributed by atoms with Gasteiger partial charge >= 0.3 is 0 Å². The highest BCUT2D eigenvalue weighted by Crippen LogP contribution is 2.59. The van der Waals surface area contributed by atoms with Gasteiger partial charge in [-0.2, -0.15) is 0 Å². The Morgan fingerprint density at radius 3 is 2.21 bits per heavy atom. The zero-order valence-corrected chi connectivity index (χ0v) is 20.3. The third kappa shape index (κ3) is 4.90. The minimum absolute atomic E-state index is 0.0653. The zero-order chi connectivity index (χ0) is 23.5. The smallest absolute Gasteiger partial charge is 0.228 e. The molecule has 1 saturated carbocycles. The zero-order valence-electron chi connectivity index (χ0n) is 19.5. The first-order valence-electron chi connectivity index (χ1n) is 11.9. The van der Waals surface area contributed by atoms with Gasteiger partial charge in [-0.25, -0.2) is 0 Å². The Bertz CT molecular complexity index is 1150. The molecule has 2 amide bonds. The van der Waals surface area contributed by atoms with Crippen LogP contribution in [0.3, 0.4) is 0 Å². The molecule has 4 nitrogen and oxygen atoms in total. The van der Waals surface area contributed by atoms with E-state index >= 15 is 0 Å². The van der Waals surface area contributed by atoms with Crippen molar-refractivity contribution in [3.8, 4) is 11.1 Å². The van der Waals surface area contributed by atoms with Crippen molar-refractivity contribution in [3.05, 3.63) is 84.4 Å². The van der Waals surface area contributed by atoms with E-state index in [0.29, 0.717) is 6.42 Å². The van der Waals surface area contributed by atoms with E-state index in [-0.39, 0.29) is 23.1 Å². The van der Waals surface area contributed by atoms with Crippen LogP contribution in [0.2, 0.25) is 0 Å². The molecule has 5 rings (SSSR count). The monoisotopic (exact) mass is 470 g/mol. The number of nitrogens with zero attached hydrogens (tertiary/aromatic N) is 1. The van der Waals surface area contributed by atoms with Crippen molar-refractivity contribution < 1.29 is 9.59 Å². The number of amides is 2. The normalized spacial score (nSPS) is 18.5.